The molecule has 2 heterocycles. The van der Waals surface area contributed by atoms with Crippen molar-refractivity contribution in [2.45, 2.75) is 19.3 Å². The first-order chi connectivity index (χ1) is 14.1. The number of nitrogens with one attached hydrogen (secondary N) is 1. The van der Waals surface area contributed by atoms with Gasteiger partial charge >= 0.3 is 0 Å². The maximum Gasteiger partial charge on any atom is 0.265 e. The molecule has 7 heteroatoms. The van der Waals surface area contributed by atoms with E-state index in [0.29, 0.717) is 22.7 Å². The number of likely N-dealkylation sites (tertiary alicyclic amines) is 1. The Labute approximate surface area is 169 Å². The van der Waals surface area contributed by atoms with E-state index in [1.54, 1.807) is 41.3 Å². The van der Waals surface area contributed by atoms with E-state index in [1.807, 2.05) is 17.0 Å². The zero-order chi connectivity index (χ0) is 20.2. The van der Waals surface area contributed by atoms with Crippen LogP contribution in [0.5, 0.6) is 5.75 Å². The summed E-state index contributed by atoms with van der Waals surface area (Å²) in [5, 5.41) is 2.83. The topological polar surface area (TPSA) is 79.0 Å². The van der Waals surface area contributed by atoms with Crippen LogP contribution < -0.4 is 15.0 Å². The van der Waals surface area contributed by atoms with Crippen molar-refractivity contribution in [1.82, 2.24) is 4.90 Å². The summed E-state index contributed by atoms with van der Waals surface area (Å²) in [4.78, 5) is 40.6. The first-order valence-electron chi connectivity index (χ1n) is 9.83. The van der Waals surface area contributed by atoms with Crippen LogP contribution in [0.2, 0.25) is 0 Å². The molecule has 1 saturated heterocycles. The second kappa shape index (κ2) is 8.34. The summed E-state index contributed by atoms with van der Waals surface area (Å²) in [5.74, 6) is 0.247. The van der Waals surface area contributed by atoms with Gasteiger partial charge in [-0.3, -0.25) is 14.4 Å². The lowest BCUT2D eigenvalue weighted by Crippen LogP contribution is -2.40. The van der Waals surface area contributed by atoms with Crippen LogP contribution in [-0.2, 0) is 9.59 Å². The number of para-hydroxylation sites is 2. The minimum absolute atomic E-state index is 0.00544. The van der Waals surface area contributed by atoms with Crippen LogP contribution in [0.1, 0.15) is 29.6 Å². The van der Waals surface area contributed by atoms with Crippen molar-refractivity contribution in [1.29, 1.82) is 0 Å². The van der Waals surface area contributed by atoms with E-state index >= 15 is 0 Å². The van der Waals surface area contributed by atoms with Crippen molar-refractivity contribution in [3.05, 3.63) is 54.1 Å². The maximum atomic E-state index is 12.5. The van der Waals surface area contributed by atoms with Gasteiger partial charge in [-0.05, 0) is 43.2 Å². The third kappa shape index (κ3) is 4.23. The summed E-state index contributed by atoms with van der Waals surface area (Å²) in [5.41, 5.74) is 1.82. The summed E-state index contributed by atoms with van der Waals surface area (Å²) in [6, 6.07) is 14.3. The van der Waals surface area contributed by atoms with Crippen LogP contribution in [0, 0.1) is 0 Å². The lowest BCUT2D eigenvalue weighted by atomic mass is 10.1. The molecule has 3 amide bonds. The highest BCUT2D eigenvalue weighted by Gasteiger charge is 2.25. The molecule has 0 saturated carbocycles. The largest absolute Gasteiger partial charge is 0.482 e. The molecule has 1 N–H and O–H groups in total. The van der Waals surface area contributed by atoms with Gasteiger partial charge in [0.2, 0.25) is 5.91 Å². The quantitative estimate of drug-likeness (QED) is 0.847. The molecule has 4 rings (SSSR count). The number of carbonyl (C=O) groups is 3. The van der Waals surface area contributed by atoms with E-state index in [4.69, 9.17) is 4.74 Å². The lowest BCUT2D eigenvalue weighted by molar-refractivity contribution is -0.121. The van der Waals surface area contributed by atoms with Gasteiger partial charge in [-0.1, -0.05) is 18.2 Å². The zero-order valence-electron chi connectivity index (χ0n) is 16.1. The van der Waals surface area contributed by atoms with Crippen molar-refractivity contribution < 1.29 is 19.1 Å². The summed E-state index contributed by atoms with van der Waals surface area (Å²) in [6.45, 7) is 1.80. The summed E-state index contributed by atoms with van der Waals surface area (Å²) in [7, 11) is 0. The molecule has 0 unspecified atom stereocenters. The van der Waals surface area contributed by atoms with Crippen molar-refractivity contribution in [3.63, 3.8) is 0 Å². The summed E-state index contributed by atoms with van der Waals surface area (Å²) >= 11 is 0. The molecule has 0 bridgehead atoms. The molecule has 2 aliphatic heterocycles. The molecule has 2 aromatic rings. The van der Waals surface area contributed by atoms with Gasteiger partial charge in [-0.15, -0.1) is 0 Å². The number of fused-ring (bicyclic) bond motifs is 1. The van der Waals surface area contributed by atoms with Gasteiger partial charge in [0.25, 0.3) is 11.8 Å². The fourth-order valence-electron chi connectivity index (χ4n) is 3.67. The van der Waals surface area contributed by atoms with Crippen molar-refractivity contribution in [2.75, 3.05) is 36.5 Å². The molecule has 0 atom stereocenters. The first kappa shape index (κ1) is 19.0. The predicted octanol–water partition coefficient (Wildman–Crippen LogP) is 2.68. The minimum Gasteiger partial charge on any atom is -0.482 e. The second-order valence-electron chi connectivity index (χ2n) is 7.18. The fourth-order valence-corrected chi connectivity index (χ4v) is 3.67. The van der Waals surface area contributed by atoms with Gasteiger partial charge in [-0.25, -0.2) is 0 Å². The smallest absolute Gasteiger partial charge is 0.265 e. The maximum absolute atomic E-state index is 12.5. The Morgan fingerprint density at radius 2 is 1.83 bits per heavy atom. The van der Waals surface area contributed by atoms with Crippen LogP contribution >= 0.6 is 0 Å². The monoisotopic (exact) mass is 393 g/mol. The van der Waals surface area contributed by atoms with Crippen LogP contribution in [0.3, 0.4) is 0 Å². The van der Waals surface area contributed by atoms with Gasteiger partial charge < -0.3 is 19.9 Å². The summed E-state index contributed by atoms with van der Waals surface area (Å²) < 4.78 is 5.42. The SMILES string of the molecule is O=C(CCN1C(=O)COc2ccccc21)Nc1cccc(C(=O)N2CCCC2)c1. The molecule has 2 aliphatic rings. The number of ether oxygens (including phenoxy) is 1. The van der Waals surface area contributed by atoms with Crippen LogP contribution in [0.15, 0.2) is 48.5 Å². The average Bonchev–Trinajstić information content (AvgIpc) is 3.27. The fraction of sp³-hybridized carbons (Fsp3) is 0.318. The molecule has 7 nitrogen and oxygen atoms in total. The standard InChI is InChI=1S/C22H23N3O4/c26-20(10-13-25-18-8-1-2-9-19(18)29-15-21(25)27)23-17-7-5-6-16(14-17)22(28)24-11-3-4-12-24/h1-2,5-9,14H,3-4,10-13,15H2,(H,23,26). The normalized spacial score (nSPS) is 15.7. The number of hydrogen-bond donors (Lipinski definition) is 1. The minimum atomic E-state index is -0.215. The van der Waals surface area contributed by atoms with Gasteiger partial charge in [0, 0.05) is 37.3 Å². The number of benzene rings is 2. The molecule has 150 valence electrons. The Kier molecular flexibility index (Phi) is 5.46. The van der Waals surface area contributed by atoms with E-state index in [1.165, 1.54) is 0 Å². The Balaban J connectivity index is 1.37. The van der Waals surface area contributed by atoms with E-state index in [0.717, 1.165) is 25.9 Å². The van der Waals surface area contributed by atoms with Gasteiger partial charge in [0.15, 0.2) is 6.61 Å². The Hall–Kier alpha value is -3.35. The lowest BCUT2D eigenvalue weighted by Gasteiger charge is -2.29. The third-order valence-corrected chi connectivity index (χ3v) is 5.16. The molecule has 0 spiro atoms. The van der Waals surface area contributed by atoms with Gasteiger partial charge in [0.1, 0.15) is 5.75 Å². The van der Waals surface area contributed by atoms with Gasteiger partial charge in [0.05, 0.1) is 5.69 Å². The molecule has 0 aromatic heterocycles. The van der Waals surface area contributed by atoms with Crippen molar-refractivity contribution >= 4 is 29.1 Å². The van der Waals surface area contributed by atoms with E-state index < -0.39 is 0 Å². The molecule has 0 radical (unpaired) electrons. The Morgan fingerprint density at radius 1 is 1.03 bits per heavy atom. The van der Waals surface area contributed by atoms with Crippen LogP contribution in [0.4, 0.5) is 11.4 Å². The highest BCUT2D eigenvalue weighted by molar-refractivity contribution is 6.00. The number of rotatable bonds is 5. The van der Waals surface area contributed by atoms with Crippen molar-refractivity contribution in [3.8, 4) is 5.75 Å². The number of nitrogens with zero attached hydrogens (tertiary/aromatic N) is 2. The highest BCUT2D eigenvalue weighted by atomic mass is 16.5. The van der Waals surface area contributed by atoms with Crippen molar-refractivity contribution in [2.24, 2.45) is 0 Å². The predicted molar refractivity (Wildman–Crippen MR) is 109 cm³/mol. The zero-order valence-corrected chi connectivity index (χ0v) is 16.1. The van der Waals surface area contributed by atoms with Crippen LogP contribution in [-0.4, -0.2) is 48.9 Å². The Morgan fingerprint density at radius 3 is 2.66 bits per heavy atom. The van der Waals surface area contributed by atoms with E-state index in [9.17, 15) is 14.4 Å². The second-order valence-corrected chi connectivity index (χ2v) is 7.18. The number of carbonyl (C=O) groups excluding carboxylic acids is 3. The molecular formula is C22H23N3O4. The molecule has 1 fully saturated rings. The number of hydrogen-bond acceptors (Lipinski definition) is 4. The molecule has 2 aromatic carbocycles. The van der Waals surface area contributed by atoms with E-state index in [2.05, 4.69) is 5.32 Å². The van der Waals surface area contributed by atoms with Crippen LogP contribution in [0.25, 0.3) is 0 Å². The average molecular weight is 393 g/mol. The number of amides is 3. The van der Waals surface area contributed by atoms with Gasteiger partial charge in [-0.2, -0.15) is 0 Å². The summed E-state index contributed by atoms with van der Waals surface area (Å²) in [6.07, 6.45) is 2.21. The van der Waals surface area contributed by atoms with E-state index in [-0.39, 0.29) is 37.3 Å². The third-order valence-electron chi connectivity index (χ3n) is 5.16. The Bertz CT molecular complexity index is 937. The molecular weight excluding hydrogens is 370 g/mol. The first-order valence-corrected chi connectivity index (χ1v) is 9.83. The highest BCUT2D eigenvalue weighted by Crippen LogP contribution is 2.31. The molecule has 29 heavy (non-hydrogen) atoms. The number of anilines is 2. The molecule has 0 aliphatic carbocycles.